The van der Waals surface area contributed by atoms with Gasteiger partial charge < -0.3 is 10.2 Å². The van der Waals surface area contributed by atoms with E-state index in [1.807, 2.05) is 17.9 Å². The van der Waals surface area contributed by atoms with Gasteiger partial charge in [-0.3, -0.25) is 4.79 Å². The molecule has 1 heterocycles. The number of halogens is 1. The largest absolute Gasteiger partial charge is 0.367 e. The Labute approximate surface area is 136 Å². The summed E-state index contributed by atoms with van der Waals surface area (Å²) in [5.41, 5.74) is 1.54. The maximum absolute atomic E-state index is 14.0. The van der Waals surface area contributed by atoms with Gasteiger partial charge in [-0.05, 0) is 37.5 Å². The zero-order valence-corrected chi connectivity index (χ0v) is 14.3. The van der Waals surface area contributed by atoms with Crippen LogP contribution < -0.4 is 10.2 Å². The summed E-state index contributed by atoms with van der Waals surface area (Å²) in [6.07, 6.45) is 2.75. The fourth-order valence-electron chi connectivity index (χ4n) is 2.76. The van der Waals surface area contributed by atoms with Crippen molar-refractivity contribution in [1.82, 2.24) is 5.32 Å². The zero-order chi connectivity index (χ0) is 17.0. The number of rotatable bonds is 5. The number of benzene rings is 1. The van der Waals surface area contributed by atoms with Crippen LogP contribution in [0, 0.1) is 12.7 Å². The lowest BCUT2D eigenvalue weighted by molar-refractivity contribution is -0.121. The summed E-state index contributed by atoms with van der Waals surface area (Å²) in [5, 5.41) is 2.86. The minimum absolute atomic E-state index is 0.0336. The molecule has 1 atom stereocenters. The van der Waals surface area contributed by atoms with Gasteiger partial charge in [0.1, 0.15) is 15.7 Å². The fraction of sp³-hybridized carbons (Fsp3) is 0.562. The molecular formula is C16H23FN2O3S. The van der Waals surface area contributed by atoms with Crippen molar-refractivity contribution in [3.05, 3.63) is 29.6 Å². The number of hydrogen-bond acceptors (Lipinski definition) is 4. The number of hydrogen-bond donors (Lipinski definition) is 1. The number of sulfone groups is 1. The molecule has 0 aliphatic carbocycles. The molecule has 1 amide bonds. The van der Waals surface area contributed by atoms with Crippen LogP contribution in [0.1, 0.15) is 24.8 Å². The van der Waals surface area contributed by atoms with Crippen LogP contribution in [-0.4, -0.2) is 45.5 Å². The molecule has 1 aromatic rings. The van der Waals surface area contributed by atoms with Crippen LogP contribution in [-0.2, 0) is 14.6 Å². The Kier molecular flexibility index (Phi) is 5.62. The summed E-state index contributed by atoms with van der Waals surface area (Å²) < 4.78 is 36.2. The van der Waals surface area contributed by atoms with E-state index in [1.165, 1.54) is 6.07 Å². The Morgan fingerprint density at radius 2 is 2.17 bits per heavy atom. The third kappa shape index (κ3) is 5.49. The van der Waals surface area contributed by atoms with Crippen molar-refractivity contribution in [1.29, 1.82) is 0 Å². The number of piperidine rings is 1. The molecule has 0 aromatic heterocycles. The predicted molar refractivity (Wildman–Crippen MR) is 88.8 cm³/mol. The second-order valence-electron chi connectivity index (χ2n) is 6.19. The molecule has 128 valence electrons. The molecule has 1 fully saturated rings. The number of carbonyl (C=O) groups excluding carboxylic acids is 1. The minimum atomic E-state index is -3.14. The first-order valence-corrected chi connectivity index (χ1v) is 9.79. The first kappa shape index (κ1) is 17.7. The second-order valence-corrected chi connectivity index (χ2v) is 8.45. The van der Waals surface area contributed by atoms with E-state index in [-0.39, 0.29) is 29.9 Å². The molecule has 1 aliphatic heterocycles. The topological polar surface area (TPSA) is 66.5 Å². The van der Waals surface area contributed by atoms with E-state index >= 15 is 0 Å². The molecule has 1 aromatic carbocycles. The van der Waals surface area contributed by atoms with E-state index in [9.17, 15) is 17.6 Å². The van der Waals surface area contributed by atoms with E-state index in [0.29, 0.717) is 12.2 Å². The maximum atomic E-state index is 14.0. The molecule has 0 bridgehead atoms. The van der Waals surface area contributed by atoms with Gasteiger partial charge in [0.25, 0.3) is 0 Å². The molecule has 1 aliphatic rings. The van der Waals surface area contributed by atoms with Gasteiger partial charge in [0.05, 0.1) is 11.4 Å². The van der Waals surface area contributed by atoms with Crippen molar-refractivity contribution in [3.63, 3.8) is 0 Å². The zero-order valence-electron chi connectivity index (χ0n) is 13.5. The van der Waals surface area contributed by atoms with Gasteiger partial charge in [-0.25, -0.2) is 12.8 Å². The van der Waals surface area contributed by atoms with Crippen LogP contribution in [0.5, 0.6) is 0 Å². The number of nitrogens with one attached hydrogen (secondary N) is 1. The number of aryl methyl sites for hydroxylation is 1. The van der Waals surface area contributed by atoms with Crippen LogP contribution in [0.3, 0.4) is 0 Å². The number of amides is 1. The van der Waals surface area contributed by atoms with Crippen molar-refractivity contribution < 1.29 is 17.6 Å². The van der Waals surface area contributed by atoms with Gasteiger partial charge >= 0.3 is 0 Å². The second kappa shape index (κ2) is 7.29. The van der Waals surface area contributed by atoms with Crippen LogP contribution in [0.2, 0.25) is 0 Å². The normalized spacial score (nSPS) is 18.7. The van der Waals surface area contributed by atoms with Crippen LogP contribution in [0.4, 0.5) is 10.1 Å². The molecule has 2 rings (SSSR count). The molecule has 0 spiro atoms. The predicted octanol–water partition coefficient (Wildman–Crippen LogP) is 1.65. The summed E-state index contributed by atoms with van der Waals surface area (Å²) in [4.78, 5) is 13.8. The van der Waals surface area contributed by atoms with E-state index < -0.39 is 9.84 Å². The lowest BCUT2D eigenvalue weighted by Crippen LogP contribution is -2.48. The summed E-state index contributed by atoms with van der Waals surface area (Å²) in [6, 6.07) is 4.91. The highest BCUT2D eigenvalue weighted by Gasteiger charge is 2.23. The molecule has 1 N–H and O–H groups in total. The SMILES string of the molecule is Cc1ccc(F)c(N2CCC[C@H](NC(=O)CCS(C)(=O)=O)C2)c1. The van der Waals surface area contributed by atoms with Gasteiger partial charge in [0.15, 0.2) is 0 Å². The van der Waals surface area contributed by atoms with Crippen molar-refractivity contribution in [2.24, 2.45) is 0 Å². The molecular weight excluding hydrogens is 319 g/mol. The Balaban J connectivity index is 1.95. The van der Waals surface area contributed by atoms with E-state index in [4.69, 9.17) is 0 Å². The summed E-state index contributed by atoms with van der Waals surface area (Å²) in [6.45, 7) is 3.19. The lowest BCUT2D eigenvalue weighted by atomic mass is 10.0. The van der Waals surface area contributed by atoms with Crippen LogP contribution in [0.25, 0.3) is 0 Å². The monoisotopic (exact) mass is 342 g/mol. The van der Waals surface area contributed by atoms with Crippen LogP contribution >= 0.6 is 0 Å². The fourth-order valence-corrected chi connectivity index (χ4v) is 3.31. The number of nitrogens with zero attached hydrogens (tertiary/aromatic N) is 1. The quantitative estimate of drug-likeness (QED) is 0.884. The Bertz CT molecular complexity index is 676. The van der Waals surface area contributed by atoms with Gasteiger partial charge in [0.2, 0.25) is 5.91 Å². The Hall–Kier alpha value is -1.63. The third-order valence-electron chi connectivity index (χ3n) is 3.93. The summed E-state index contributed by atoms with van der Waals surface area (Å²) >= 11 is 0. The van der Waals surface area contributed by atoms with Gasteiger partial charge in [-0.2, -0.15) is 0 Å². The summed E-state index contributed by atoms with van der Waals surface area (Å²) in [5.74, 6) is -0.687. The standard InChI is InChI=1S/C16H23FN2O3S/c1-12-5-6-14(17)15(10-12)19-8-3-4-13(11-19)18-16(20)7-9-23(2,21)22/h5-6,10,13H,3-4,7-9,11H2,1-2H3,(H,18,20)/t13-/m0/s1. The smallest absolute Gasteiger partial charge is 0.221 e. The van der Waals surface area contributed by atoms with E-state index in [1.54, 1.807) is 6.07 Å². The number of anilines is 1. The van der Waals surface area contributed by atoms with Gasteiger partial charge in [0, 0.05) is 31.8 Å². The van der Waals surface area contributed by atoms with Crippen LogP contribution in [0.15, 0.2) is 18.2 Å². The van der Waals surface area contributed by atoms with Gasteiger partial charge in [-0.1, -0.05) is 6.07 Å². The highest BCUT2D eigenvalue weighted by atomic mass is 32.2. The molecule has 7 heteroatoms. The van der Waals surface area contributed by atoms with E-state index in [2.05, 4.69) is 5.32 Å². The first-order chi connectivity index (χ1) is 10.7. The molecule has 1 saturated heterocycles. The summed E-state index contributed by atoms with van der Waals surface area (Å²) in [7, 11) is -3.14. The molecule has 0 saturated carbocycles. The number of carbonyl (C=O) groups is 1. The Morgan fingerprint density at radius 3 is 2.87 bits per heavy atom. The molecule has 0 unspecified atom stereocenters. The van der Waals surface area contributed by atoms with E-state index in [0.717, 1.165) is 31.2 Å². The maximum Gasteiger partial charge on any atom is 0.221 e. The van der Waals surface area contributed by atoms with Crippen molar-refractivity contribution >= 4 is 21.4 Å². The molecule has 0 radical (unpaired) electrons. The average Bonchev–Trinajstić information content (AvgIpc) is 2.47. The molecule has 23 heavy (non-hydrogen) atoms. The average molecular weight is 342 g/mol. The lowest BCUT2D eigenvalue weighted by Gasteiger charge is -2.35. The highest BCUT2D eigenvalue weighted by molar-refractivity contribution is 7.90. The minimum Gasteiger partial charge on any atom is -0.367 e. The van der Waals surface area contributed by atoms with Crippen molar-refractivity contribution in [2.75, 3.05) is 30.0 Å². The first-order valence-electron chi connectivity index (χ1n) is 7.73. The van der Waals surface area contributed by atoms with Gasteiger partial charge in [-0.15, -0.1) is 0 Å². The van der Waals surface area contributed by atoms with Crippen molar-refractivity contribution in [2.45, 2.75) is 32.2 Å². The Morgan fingerprint density at radius 1 is 1.43 bits per heavy atom. The highest BCUT2D eigenvalue weighted by Crippen LogP contribution is 2.24. The van der Waals surface area contributed by atoms with Crippen molar-refractivity contribution in [3.8, 4) is 0 Å². The third-order valence-corrected chi connectivity index (χ3v) is 4.87. The molecule has 5 nitrogen and oxygen atoms in total.